The van der Waals surface area contributed by atoms with Crippen molar-refractivity contribution in [2.45, 2.75) is 58.2 Å². The maximum Gasteiger partial charge on any atom is 0.0666 e. The van der Waals surface area contributed by atoms with Crippen LogP contribution >= 0.6 is 0 Å². The third kappa shape index (κ3) is 5.85. The SMILES string of the molecule is CC=CC[Si](C)(C)CN1CCCCCCC1. The highest BCUT2D eigenvalue weighted by Gasteiger charge is 2.22. The van der Waals surface area contributed by atoms with E-state index in [1.165, 1.54) is 57.4 Å². The highest BCUT2D eigenvalue weighted by molar-refractivity contribution is 6.78. The van der Waals surface area contributed by atoms with Crippen LogP contribution in [0.2, 0.25) is 19.1 Å². The molecule has 0 aliphatic carbocycles. The standard InChI is InChI=1S/C14H29NSi/c1-4-5-13-16(2,3)14-15-11-9-7-6-8-10-12-15/h4-5H,6-14H2,1-3H3. The Bertz CT molecular complexity index is 203. The summed E-state index contributed by atoms with van der Waals surface area (Å²) in [4.78, 5) is 2.74. The number of hydrogen-bond acceptors (Lipinski definition) is 1. The summed E-state index contributed by atoms with van der Waals surface area (Å²) in [5, 5.41) is 0. The molecule has 0 unspecified atom stereocenters. The van der Waals surface area contributed by atoms with Crippen LogP contribution in [-0.4, -0.2) is 32.2 Å². The summed E-state index contributed by atoms with van der Waals surface area (Å²) in [7, 11) is -1.01. The van der Waals surface area contributed by atoms with E-state index >= 15 is 0 Å². The molecule has 0 radical (unpaired) electrons. The maximum atomic E-state index is 2.74. The lowest BCUT2D eigenvalue weighted by Gasteiger charge is -2.32. The Labute approximate surface area is 103 Å². The van der Waals surface area contributed by atoms with Gasteiger partial charge >= 0.3 is 0 Å². The zero-order valence-corrected chi connectivity index (χ0v) is 12.5. The minimum absolute atomic E-state index is 1.01. The van der Waals surface area contributed by atoms with Crippen molar-refractivity contribution in [3.8, 4) is 0 Å². The minimum Gasteiger partial charge on any atom is -0.306 e. The molecule has 0 amide bonds. The van der Waals surface area contributed by atoms with Gasteiger partial charge in [0.25, 0.3) is 0 Å². The Balaban J connectivity index is 2.37. The first kappa shape index (κ1) is 14.0. The molecule has 0 N–H and O–H groups in total. The van der Waals surface area contributed by atoms with Crippen molar-refractivity contribution in [1.29, 1.82) is 0 Å². The van der Waals surface area contributed by atoms with Crippen molar-refractivity contribution in [3.63, 3.8) is 0 Å². The molecule has 0 saturated carbocycles. The lowest BCUT2D eigenvalue weighted by molar-refractivity contribution is 0.279. The Kier molecular flexibility index (Phi) is 6.36. The fourth-order valence-corrected chi connectivity index (χ4v) is 5.11. The molecule has 1 nitrogen and oxygen atoms in total. The average molecular weight is 239 g/mol. The molecule has 2 heteroatoms. The molecule has 1 aliphatic rings. The first-order valence-corrected chi connectivity index (χ1v) is 10.4. The average Bonchev–Trinajstić information content (AvgIpc) is 2.19. The number of nitrogens with zero attached hydrogens (tertiary/aromatic N) is 1. The van der Waals surface area contributed by atoms with Gasteiger partial charge in [-0.15, -0.1) is 0 Å². The Morgan fingerprint density at radius 2 is 1.56 bits per heavy atom. The van der Waals surface area contributed by atoms with Crippen LogP contribution in [0.3, 0.4) is 0 Å². The van der Waals surface area contributed by atoms with Crippen LogP contribution in [0.15, 0.2) is 12.2 Å². The second-order valence-corrected chi connectivity index (χ2v) is 11.0. The largest absolute Gasteiger partial charge is 0.306 e. The third-order valence-electron chi connectivity index (χ3n) is 3.51. The van der Waals surface area contributed by atoms with Crippen molar-refractivity contribution in [2.75, 3.05) is 19.3 Å². The summed E-state index contributed by atoms with van der Waals surface area (Å²) in [6.07, 6.45) is 13.2. The van der Waals surface area contributed by atoms with Gasteiger partial charge in [0.1, 0.15) is 0 Å². The fraction of sp³-hybridized carbons (Fsp3) is 0.857. The van der Waals surface area contributed by atoms with Gasteiger partial charge in [0.15, 0.2) is 0 Å². The molecule has 0 aromatic rings. The normalized spacial score (nSPS) is 20.9. The lowest BCUT2D eigenvalue weighted by Crippen LogP contribution is -2.43. The highest BCUT2D eigenvalue weighted by Crippen LogP contribution is 2.16. The van der Waals surface area contributed by atoms with Crippen LogP contribution in [0.1, 0.15) is 39.0 Å². The molecule has 0 aromatic heterocycles. The monoisotopic (exact) mass is 239 g/mol. The summed E-state index contributed by atoms with van der Waals surface area (Å²) < 4.78 is 0. The van der Waals surface area contributed by atoms with Crippen molar-refractivity contribution in [1.82, 2.24) is 4.90 Å². The molecule has 0 spiro atoms. The number of rotatable bonds is 4. The van der Waals surface area contributed by atoms with Gasteiger partial charge in [-0.2, -0.15) is 0 Å². The van der Waals surface area contributed by atoms with Gasteiger partial charge in [0.05, 0.1) is 8.07 Å². The van der Waals surface area contributed by atoms with Crippen LogP contribution in [0.25, 0.3) is 0 Å². The maximum absolute atomic E-state index is 2.74. The zero-order chi connectivity index (χ0) is 11.9. The Morgan fingerprint density at radius 1 is 1.00 bits per heavy atom. The minimum atomic E-state index is -1.01. The van der Waals surface area contributed by atoms with Gasteiger partial charge < -0.3 is 4.90 Å². The molecule has 0 aromatic carbocycles. The first-order chi connectivity index (χ1) is 7.64. The smallest absolute Gasteiger partial charge is 0.0666 e. The molecule has 1 heterocycles. The molecule has 0 bridgehead atoms. The molecular formula is C14H29NSi. The van der Waals surface area contributed by atoms with E-state index in [-0.39, 0.29) is 0 Å². The van der Waals surface area contributed by atoms with E-state index in [0.29, 0.717) is 0 Å². The van der Waals surface area contributed by atoms with Crippen LogP contribution in [0, 0.1) is 0 Å². The van der Waals surface area contributed by atoms with Crippen molar-refractivity contribution >= 4 is 8.07 Å². The van der Waals surface area contributed by atoms with Crippen LogP contribution in [0.4, 0.5) is 0 Å². The lowest BCUT2D eigenvalue weighted by atomic mass is 10.1. The zero-order valence-electron chi connectivity index (χ0n) is 11.5. The van der Waals surface area contributed by atoms with Crippen LogP contribution in [0.5, 0.6) is 0 Å². The predicted octanol–water partition coefficient (Wildman–Crippen LogP) is 4.08. The number of likely N-dealkylation sites (tertiary alicyclic amines) is 1. The fourth-order valence-electron chi connectivity index (χ4n) is 2.58. The quantitative estimate of drug-likeness (QED) is 0.528. The second-order valence-electron chi connectivity index (χ2n) is 5.98. The van der Waals surface area contributed by atoms with E-state index in [0.717, 1.165) is 0 Å². The van der Waals surface area contributed by atoms with Gasteiger partial charge in [-0.1, -0.05) is 44.5 Å². The third-order valence-corrected chi connectivity index (χ3v) is 6.15. The molecular weight excluding hydrogens is 210 g/mol. The molecule has 1 aliphatic heterocycles. The van der Waals surface area contributed by atoms with Crippen molar-refractivity contribution in [3.05, 3.63) is 12.2 Å². The number of hydrogen-bond donors (Lipinski definition) is 0. The Morgan fingerprint density at radius 3 is 2.12 bits per heavy atom. The van der Waals surface area contributed by atoms with Crippen molar-refractivity contribution in [2.24, 2.45) is 0 Å². The molecule has 94 valence electrons. The summed E-state index contributed by atoms with van der Waals surface area (Å²) >= 11 is 0. The van der Waals surface area contributed by atoms with Gasteiger partial charge in [-0.3, -0.25) is 0 Å². The van der Waals surface area contributed by atoms with E-state index in [1.54, 1.807) is 0 Å². The summed E-state index contributed by atoms with van der Waals surface area (Å²) in [6, 6.07) is 1.35. The van der Waals surface area contributed by atoms with E-state index < -0.39 is 8.07 Å². The van der Waals surface area contributed by atoms with Gasteiger partial charge in [-0.05, 0) is 45.1 Å². The van der Waals surface area contributed by atoms with Crippen LogP contribution in [-0.2, 0) is 0 Å². The van der Waals surface area contributed by atoms with Crippen molar-refractivity contribution < 1.29 is 0 Å². The number of allylic oxidation sites excluding steroid dienone is 2. The predicted molar refractivity (Wildman–Crippen MR) is 76.6 cm³/mol. The van der Waals surface area contributed by atoms with E-state index in [9.17, 15) is 0 Å². The highest BCUT2D eigenvalue weighted by atomic mass is 28.3. The first-order valence-electron chi connectivity index (χ1n) is 6.97. The molecule has 16 heavy (non-hydrogen) atoms. The van der Waals surface area contributed by atoms with Crippen LogP contribution < -0.4 is 0 Å². The second kappa shape index (κ2) is 7.28. The van der Waals surface area contributed by atoms with Gasteiger partial charge in [-0.25, -0.2) is 0 Å². The van der Waals surface area contributed by atoms with Gasteiger partial charge in [0, 0.05) is 0 Å². The molecule has 1 rings (SSSR count). The molecule has 1 fully saturated rings. The Hall–Kier alpha value is -0.0831. The molecule has 0 atom stereocenters. The summed E-state index contributed by atoms with van der Waals surface area (Å²) in [5.41, 5.74) is 0. The van der Waals surface area contributed by atoms with Gasteiger partial charge in [0.2, 0.25) is 0 Å². The van der Waals surface area contributed by atoms with E-state index in [2.05, 4.69) is 37.1 Å². The van der Waals surface area contributed by atoms with E-state index in [1.807, 2.05) is 0 Å². The topological polar surface area (TPSA) is 3.24 Å². The summed E-state index contributed by atoms with van der Waals surface area (Å²) in [6.45, 7) is 9.91. The molecule has 1 saturated heterocycles. The summed E-state index contributed by atoms with van der Waals surface area (Å²) in [5.74, 6) is 0. The van der Waals surface area contributed by atoms with E-state index in [4.69, 9.17) is 0 Å².